The van der Waals surface area contributed by atoms with Crippen LogP contribution in [0.5, 0.6) is 0 Å². The van der Waals surface area contributed by atoms with Gasteiger partial charge in [-0.1, -0.05) is 32.3 Å². The first-order valence-corrected chi connectivity index (χ1v) is 10.7. The predicted molar refractivity (Wildman–Crippen MR) is 109 cm³/mol. The Kier molecular flexibility index (Phi) is 10.3. The molecule has 2 rings (SSSR count). The van der Waals surface area contributed by atoms with E-state index in [1.165, 1.54) is 18.6 Å². The van der Waals surface area contributed by atoms with E-state index in [2.05, 4.69) is 10.0 Å². The molecule has 0 aromatic heterocycles. The van der Waals surface area contributed by atoms with Crippen molar-refractivity contribution in [3.63, 3.8) is 0 Å². The molecule has 27 heavy (non-hydrogen) atoms. The molecule has 1 aliphatic rings. The smallest absolute Gasteiger partial charge is 0.253 e. The third-order valence-electron chi connectivity index (χ3n) is 4.42. The number of hydrogen-bond acceptors (Lipinski definition) is 5. The molecular formula is C18H30ClN3O4S. The molecule has 7 nitrogen and oxygen atoms in total. The van der Waals surface area contributed by atoms with Crippen LogP contribution in [0.3, 0.4) is 0 Å². The Hall–Kier alpha value is -1.19. The van der Waals surface area contributed by atoms with Crippen molar-refractivity contribution in [1.82, 2.24) is 4.72 Å². The predicted octanol–water partition coefficient (Wildman–Crippen LogP) is 2.41. The number of sulfonamides is 1. The number of rotatable bonds is 9. The van der Waals surface area contributed by atoms with Crippen molar-refractivity contribution in [2.45, 2.75) is 62.6 Å². The van der Waals surface area contributed by atoms with Crippen molar-refractivity contribution in [3.05, 3.63) is 24.3 Å². The van der Waals surface area contributed by atoms with Gasteiger partial charge < -0.3 is 15.8 Å². The molecule has 1 atom stereocenters. The number of nitrogens with one attached hydrogen (secondary N) is 2. The van der Waals surface area contributed by atoms with Crippen molar-refractivity contribution < 1.29 is 17.9 Å². The normalized spacial score (nSPS) is 16.4. The van der Waals surface area contributed by atoms with Crippen molar-refractivity contribution >= 4 is 34.0 Å². The van der Waals surface area contributed by atoms with Crippen molar-refractivity contribution in [3.8, 4) is 0 Å². The van der Waals surface area contributed by atoms with Crippen LogP contribution in [0.1, 0.15) is 45.4 Å². The molecule has 1 aromatic rings. The molecule has 0 spiro atoms. The van der Waals surface area contributed by atoms with Gasteiger partial charge >= 0.3 is 0 Å². The topological polar surface area (TPSA) is 111 Å². The highest BCUT2D eigenvalue weighted by Crippen LogP contribution is 2.23. The molecule has 0 heterocycles. The second kappa shape index (κ2) is 11.6. The van der Waals surface area contributed by atoms with Gasteiger partial charge in [0.1, 0.15) is 6.10 Å². The minimum Gasteiger partial charge on any atom is -0.365 e. The highest BCUT2D eigenvalue weighted by atomic mass is 35.5. The maximum absolute atomic E-state index is 12.5. The molecule has 0 bridgehead atoms. The van der Waals surface area contributed by atoms with Crippen LogP contribution >= 0.6 is 12.4 Å². The SMILES string of the molecule is CCC(OC1CCCCC1)C(=O)Nc1cccc(S(=O)(=O)NCCN)c1.Cl. The summed E-state index contributed by atoms with van der Waals surface area (Å²) in [6.45, 7) is 2.28. The highest BCUT2D eigenvalue weighted by molar-refractivity contribution is 7.89. The van der Waals surface area contributed by atoms with Gasteiger partial charge in [-0.3, -0.25) is 4.79 Å². The van der Waals surface area contributed by atoms with Crippen LogP contribution in [0, 0.1) is 0 Å². The number of ether oxygens (including phenoxy) is 1. The fourth-order valence-corrected chi connectivity index (χ4v) is 4.11. The lowest BCUT2D eigenvalue weighted by Gasteiger charge is -2.26. The van der Waals surface area contributed by atoms with Gasteiger partial charge in [0, 0.05) is 18.8 Å². The Bertz CT molecular complexity index is 694. The van der Waals surface area contributed by atoms with E-state index >= 15 is 0 Å². The number of amides is 1. The summed E-state index contributed by atoms with van der Waals surface area (Å²) < 4.78 is 32.7. The fourth-order valence-electron chi connectivity index (χ4n) is 3.02. The van der Waals surface area contributed by atoms with Gasteiger partial charge in [0.05, 0.1) is 11.0 Å². The van der Waals surface area contributed by atoms with Crippen LogP contribution in [0.15, 0.2) is 29.2 Å². The molecule has 1 aliphatic carbocycles. The number of benzene rings is 1. The minimum atomic E-state index is -3.64. The zero-order valence-electron chi connectivity index (χ0n) is 15.6. The average Bonchev–Trinajstić information content (AvgIpc) is 2.65. The second-order valence-electron chi connectivity index (χ2n) is 6.50. The number of carbonyl (C=O) groups excluding carboxylic acids is 1. The molecule has 1 aromatic carbocycles. The van der Waals surface area contributed by atoms with E-state index in [0.29, 0.717) is 12.1 Å². The Balaban J connectivity index is 0.00000364. The van der Waals surface area contributed by atoms with Gasteiger partial charge in [0.15, 0.2) is 0 Å². The first-order valence-electron chi connectivity index (χ1n) is 9.22. The van der Waals surface area contributed by atoms with Crippen molar-refractivity contribution in [2.75, 3.05) is 18.4 Å². The molecule has 1 unspecified atom stereocenters. The van der Waals surface area contributed by atoms with Crippen molar-refractivity contribution in [1.29, 1.82) is 0 Å². The molecule has 1 amide bonds. The summed E-state index contributed by atoms with van der Waals surface area (Å²) in [5.41, 5.74) is 5.76. The van der Waals surface area contributed by atoms with Gasteiger partial charge in [-0.05, 0) is 37.5 Å². The number of carbonyl (C=O) groups is 1. The number of hydrogen-bond donors (Lipinski definition) is 3. The van der Waals surface area contributed by atoms with Gasteiger partial charge in [0.25, 0.3) is 5.91 Å². The summed E-state index contributed by atoms with van der Waals surface area (Å²) in [4.78, 5) is 12.6. The zero-order chi connectivity index (χ0) is 19.0. The van der Waals surface area contributed by atoms with Gasteiger partial charge in [-0.2, -0.15) is 0 Å². The summed E-state index contributed by atoms with van der Waals surface area (Å²) in [5.74, 6) is -0.248. The molecule has 4 N–H and O–H groups in total. The first kappa shape index (κ1) is 23.8. The maximum atomic E-state index is 12.5. The summed E-state index contributed by atoms with van der Waals surface area (Å²) in [6, 6.07) is 6.16. The third kappa shape index (κ3) is 7.38. The lowest BCUT2D eigenvalue weighted by molar-refractivity contribution is -0.132. The largest absolute Gasteiger partial charge is 0.365 e. The Morgan fingerprint density at radius 1 is 1.30 bits per heavy atom. The van der Waals surface area contributed by atoms with E-state index < -0.39 is 16.1 Å². The standard InChI is InChI=1S/C18H29N3O4S.ClH/c1-2-17(25-15-8-4-3-5-9-15)18(22)21-14-7-6-10-16(13-14)26(23,24)20-12-11-19;/h6-7,10,13,15,17,20H,2-5,8-9,11-12,19H2,1H3,(H,21,22);1H. The van der Waals surface area contributed by atoms with E-state index in [9.17, 15) is 13.2 Å². The van der Waals surface area contributed by atoms with E-state index in [0.717, 1.165) is 25.7 Å². The van der Waals surface area contributed by atoms with Crippen LogP contribution in [0.25, 0.3) is 0 Å². The molecule has 154 valence electrons. The maximum Gasteiger partial charge on any atom is 0.253 e. The Labute approximate surface area is 167 Å². The Morgan fingerprint density at radius 3 is 2.63 bits per heavy atom. The average molecular weight is 420 g/mol. The zero-order valence-corrected chi connectivity index (χ0v) is 17.3. The van der Waals surface area contributed by atoms with Crippen LogP contribution in [-0.2, 0) is 19.6 Å². The second-order valence-corrected chi connectivity index (χ2v) is 8.26. The molecule has 0 radical (unpaired) electrons. The lowest BCUT2D eigenvalue weighted by atomic mass is 9.97. The van der Waals surface area contributed by atoms with E-state index in [-0.39, 0.29) is 42.4 Å². The lowest BCUT2D eigenvalue weighted by Crippen LogP contribution is -2.34. The molecule has 0 saturated heterocycles. The minimum absolute atomic E-state index is 0. The third-order valence-corrected chi connectivity index (χ3v) is 5.88. The number of anilines is 1. The summed E-state index contributed by atoms with van der Waals surface area (Å²) in [5, 5.41) is 2.77. The quantitative estimate of drug-likeness (QED) is 0.569. The summed E-state index contributed by atoms with van der Waals surface area (Å²) in [6.07, 6.45) is 5.65. The van der Waals surface area contributed by atoms with Crippen LogP contribution in [-0.4, -0.2) is 39.6 Å². The molecule has 1 fully saturated rings. The Morgan fingerprint density at radius 2 is 2.00 bits per heavy atom. The monoisotopic (exact) mass is 419 g/mol. The highest BCUT2D eigenvalue weighted by Gasteiger charge is 2.24. The molecule has 0 aliphatic heterocycles. The molecular weight excluding hydrogens is 390 g/mol. The number of nitrogens with two attached hydrogens (primary N) is 1. The van der Waals surface area contributed by atoms with Gasteiger partial charge in [-0.15, -0.1) is 12.4 Å². The van der Waals surface area contributed by atoms with Crippen LogP contribution in [0.4, 0.5) is 5.69 Å². The van der Waals surface area contributed by atoms with Crippen LogP contribution in [0.2, 0.25) is 0 Å². The summed E-state index contributed by atoms with van der Waals surface area (Å²) >= 11 is 0. The van der Waals surface area contributed by atoms with Gasteiger partial charge in [0.2, 0.25) is 10.0 Å². The van der Waals surface area contributed by atoms with Crippen molar-refractivity contribution in [2.24, 2.45) is 5.73 Å². The van der Waals surface area contributed by atoms with Crippen LogP contribution < -0.4 is 15.8 Å². The summed E-state index contributed by atoms with van der Waals surface area (Å²) in [7, 11) is -3.64. The van der Waals surface area contributed by atoms with E-state index in [1.807, 2.05) is 6.92 Å². The van der Waals surface area contributed by atoms with Gasteiger partial charge in [-0.25, -0.2) is 13.1 Å². The molecule has 1 saturated carbocycles. The molecule has 9 heteroatoms. The first-order chi connectivity index (χ1) is 12.5. The number of halogens is 1. The fraction of sp³-hybridized carbons (Fsp3) is 0.611. The van der Waals surface area contributed by atoms with E-state index in [1.54, 1.807) is 12.1 Å². The van der Waals surface area contributed by atoms with E-state index in [4.69, 9.17) is 10.5 Å².